The predicted molar refractivity (Wildman–Crippen MR) is 56.9 cm³/mol. The van der Waals surface area contributed by atoms with Crippen LogP contribution in [0.2, 0.25) is 16.7 Å². The molecule has 68 valence electrons. The topological polar surface area (TPSA) is 0 Å². The van der Waals surface area contributed by atoms with Crippen molar-refractivity contribution in [3.63, 3.8) is 0 Å². The van der Waals surface area contributed by atoms with E-state index in [1.807, 2.05) is 0 Å². The standard InChI is InChI=1S/3C3H7.CH3.Sn/c3*1-3-2;;/h3*3H,1-2H3;1H3;. The molecule has 1 heteroatoms. The molecule has 0 aliphatic carbocycles. The van der Waals surface area contributed by atoms with Crippen LogP contribution in [0.1, 0.15) is 41.5 Å². The minimum atomic E-state index is -1.74. The minimum absolute atomic E-state index is 0.990. The van der Waals surface area contributed by atoms with Gasteiger partial charge in [0.1, 0.15) is 0 Å². The Morgan fingerprint density at radius 3 is 0.818 bits per heavy atom. The van der Waals surface area contributed by atoms with E-state index in [2.05, 4.69) is 46.5 Å². The van der Waals surface area contributed by atoms with Crippen molar-refractivity contribution in [3.8, 4) is 0 Å². The van der Waals surface area contributed by atoms with Crippen LogP contribution in [0.4, 0.5) is 0 Å². The molecule has 0 amide bonds. The fraction of sp³-hybridized carbons (Fsp3) is 1.00. The normalized spacial score (nSPS) is 13.6. The van der Waals surface area contributed by atoms with Crippen molar-refractivity contribution in [3.05, 3.63) is 0 Å². The molecule has 0 aliphatic rings. The molecule has 0 radical (unpaired) electrons. The molecule has 0 N–H and O–H groups in total. The molecule has 0 unspecified atom stereocenters. The molecule has 0 spiro atoms. The van der Waals surface area contributed by atoms with Crippen molar-refractivity contribution >= 4 is 18.4 Å². The summed E-state index contributed by atoms with van der Waals surface area (Å²) in [6, 6.07) is 0. The zero-order valence-corrected chi connectivity index (χ0v) is 12.1. The summed E-state index contributed by atoms with van der Waals surface area (Å²) in [5.74, 6) is 0. The number of rotatable bonds is 3. The predicted octanol–water partition coefficient (Wildman–Crippen LogP) is 4.30. The van der Waals surface area contributed by atoms with Crippen LogP contribution in [0.5, 0.6) is 0 Å². The molecule has 0 fully saturated rings. The van der Waals surface area contributed by atoms with Gasteiger partial charge in [-0.2, -0.15) is 0 Å². The van der Waals surface area contributed by atoms with Gasteiger partial charge in [-0.3, -0.25) is 0 Å². The van der Waals surface area contributed by atoms with Gasteiger partial charge in [-0.15, -0.1) is 0 Å². The van der Waals surface area contributed by atoms with Crippen molar-refractivity contribution < 1.29 is 0 Å². The summed E-state index contributed by atoms with van der Waals surface area (Å²) >= 11 is -1.74. The van der Waals surface area contributed by atoms with Crippen molar-refractivity contribution in [1.29, 1.82) is 0 Å². The number of hydrogen-bond donors (Lipinski definition) is 0. The summed E-state index contributed by atoms with van der Waals surface area (Å²) < 4.78 is 2.97. The summed E-state index contributed by atoms with van der Waals surface area (Å²) in [7, 11) is 0. The van der Waals surface area contributed by atoms with Crippen molar-refractivity contribution in [1.82, 2.24) is 0 Å². The van der Waals surface area contributed by atoms with Crippen LogP contribution in [0.25, 0.3) is 0 Å². The van der Waals surface area contributed by atoms with Gasteiger partial charge in [-0.05, 0) is 0 Å². The van der Waals surface area contributed by atoms with Crippen LogP contribution < -0.4 is 0 Å². The Labute approximate surface area is 76.6 Å². The second kappa shape index (κ2) is 4.15. The monoisotopic (exact) mass is 264 g/mol. The summed E-state index contributed by atoms with van der Waals surface area (Å²) in [5, 5.41) is 0. The van der Waals surface area contributed by atoms with Crippen LogP contribution in [-0.4, -0.2) is 18.4 Å². The fourth-order valence-electron chi connectivity index (χ4n) is 2.00. The summed E-state index contributed by atoms with van der Waals surface area (Å²) in [6.07, 6.45) is 0. The molecular formula is C10H24Sn. The van der Waals surface area contributed by atoms with E-state index in [4.69, 9.17) is 0 Å². The van der Waals surface area contributed by atoms with Gasteiger partial charge < -0.3 is 0 Å². The van der Waals surface area contributed by atoms with Crippen LogP contribution in [0.3, 0.4) is 0 Å². The maximum atomic E-state index is 2.62. The molecule has 0 saturated carbocycles. The van der Waals surface area contributed by atoms with Gasteiger partial charge in [0.15, 0.2) is 0 Å². The molecule has 0 nitrogen and oxygen atoms in total. The zero-order chi connectivity index (χ0) is 9.23. The first-order chi connectivity index (χ1) is 4.83. The molecule has 0 rings (SSSR count). The Balaban J connectivity index is 4.53. The Kier molecular flexibility index (Phi) is 4.46. The first kappa shape index (κ1) is 11.8. The SMILES string of the molecule is C[CH](C)[Sn]([CH3])([CH](C)C)[CH](C)C. The third-order valence-corrected chi connectivity index (χ3v) is 25.0. The second-order valence-corrected chi connectivity index (χ2v) is 22.5. The van der Waals surface area contributed by atoms with Crippen LogP contribution in [0, 0.1) is 0 Å². The average molecular weight is 263 g/mol. The van der Waals surface area contributed by atoms with Gasteiger partial charge >= 0.3 is 76.7 Å². The molecule has 0 aromatic heterocycles. The Bertz CT molecular complexity index is 92.3. The molecule has 0 aromatic rings. The zero-order valence-electron chi connectivity index (χ0n) is 9.23. The molecule has 0 aromatic carbocycles. The molecular weight excluding hydrogens is 239 g/mol. The Morgan fingerprint density at radius 2 is 0.818 bits per heavy atom. The van der Waals surface area contributed by atoms with Crippen molar-refractivity contribution in [2.24, 2.45) is 0 Å². The van der Waals surface area contributed by atoms with Crippen molar-refractivity contribution in [2.45, 2.75) is 58.3 Å². The van der Waals surface area contributed by atoms with Crippen LogP contribution >= 0.6 is 0 Å². The third-order valence-electron chi connectivity index (χ3n) is 3.73. The second-order valence-electron chi connectivity index (χ2n) is 4.83. The third kappa shape index (κ3) is 2.37. The summed E-state index contributed by atoms with van der Waals surface area (Å²) in [5.41, 5.74) is 0. The molecule has 11 heavy (non-hydrogen) atoms. The van der Waals surface area contributed by atoms with E-state index in [-0.39, 0.29) is 0 Å². The molecule has 0 bridgehead atoms. The molecule has 0 heterocycles. The molecule has 0 atom stereocenters. The van der Waals surface area contributed by atoms with Gasteiger partial charge in [-0.25, -0.2) is 0 Å². The fourth-order valence-corrected chi connectivity index (χ4v) is 13.4. The average Bonchev–Trinajstić information content (AvgIpc) is 1.84. The van der Waals surface area contributed by atoms with Crippen molar-refractivity contribution in [2.75, 3.05) is 0 Å². The van der Waals surface area contributed by atoms with Gasteiger partial charge in [0.2, 0.25) is 0 Å². The summed E-state index contributed by atoms with van der Waals surface area (Å²) in [6.45, 7) is 14.6. The quantitative estimate of drug-likeness (QED) is 0.666. The number of hydrogen-bond acceptors (Lipinski definition) is 0. The molecule has 0 saturated heterocycles. The van der Waals surface area contributed by atoms with Gasteiger partial charge in [0.05, 0.1) is 0 Å². The van der Waals surface area contributed by atoms with E-state index >= 15 is 0 Å². The Morgan fingerprint density at radius 1 is 0.636 bits per heavy atom. The van der Waals surface area contributed by atoms with Crippen LogP contribution in [-0.2, 0) is 0 Å². The van der Waals surface area contributed by atoms with Gasteiger partial charge in [-0.1, -0.05) is 0 Å². The maximum absolute atomic E-state index is 2.62. The first-order valence-corrected chi connectivity index (χ1v) is 12.6. The summed E-state index contributed by atoms with van der Waals surface area (Å²) in [4.78, 5) is 2.62. The van der Waals surface area contributed by atoms with E-state index in [0.29, 0.717) is 0 Å². The van der Waals surface area contributed by atoms with Gasteiger partial charge in [0, 0.05) is 0 Å². The Hall–Kier alpha value is 0.799. The molecule has 0 aliphatic heterocycles. The van der Waals surface area contributed by atoms with E-state index in [1.165, 1.54) is 0 Å². The van der Waals surface area contributed by atoms with E-state index < -0.39 is 18.4 Å². The van der Waals surface area contributed by atoms with Gasteiger partial charge in [0.25, 0.3) is 0 Å². The van der Waals surface area contributed by atoms with E-state index in [9.17, 15) is 0 Å². The van der Waals surface area contributed by atoms with E-state index in [0.717, 1.165) is 11.8 Å². The van der Waals surface area contributed by atoms with E-state index in [1.54, 1.807) is 0 Å². The van der Waals surface area contributed by atoms with Crippen LogP contribution in [0.15, 0.2) is 0 Å². The first-order valence-electron chi connectivity index (χ1n) is 4.83.